The fraction of sp³-hybridized carbons (Fsp3) is 0.327. The number of hydrogen-bond donors (Lipinski definition) is 6. The number of amides is 6. The normalized spacial score (nSPS) is 15.2. The molecule has 0 spiro atoms. The molecular formula is C52H55FN8O11S. The number of carbonyl (C=O) groups excluding carboxylic acids is 6. The number of nitrogens with one attached hydrogen (secondary N) is 5. The summed E-state index contributed by atoms with van der Waals surface area (Å²) in [5, 5.41) is 11.0. The molecule has 1 fully saturated rings. The van der Waals surface area contributed by atoms with Crippen molar-refractivity contribution in [3.05, 3.63) is 119 Å². The number of hydrogen-bond acceptors (Lipinski definition) is 16. The third-order valence-corrected chi connectivity index (χ3v) is 12.8. The van der Waals surface area contributed by atoms with Gasteiger partial charge in [-0.05, 0) is 90.5 Å². The van der Waals surface area contributed by atoms with Crippen LogP contribution < -0.4 is 31.7 Å². The maximum atomic E-state index is 15.5. The zero-order valence-electron chi connectivity index (χ0n) is 39.8. The molecule has 5 aromatic rings. The smallest absolute Gasteiger partial charge is 0.264 e. The maximum absolute atomic E-state index is 15.5. The van der Waals surface area contributed by atoms with Crippen molar-refractivity contribution in [1.82, 2.24) is 20.5 Å². The third-order valence-electron chi connectivity index (χ3n) is 11.9. The molecule has 1 aromatic heterocycles. The first kappa shape index (κ1) is 52.1. The fourth-order valence-corrected chi connectivity index (χ4v) is 8.97. The summed E-state index contributed by atoms with van der Waals surface area (Å²) in [6.07, 6.45) is 2.54. The first-order chi connectivity index (χ1) is 35.5. The highest BCUT2D eigenvalue weighted by molar-refractivity contribution is 8.00. The topological polar surface area (TPSA) is 251 Å². The molecule has 1 saturated heterocycles. The zero-order valence-corrected chi connectivity index (χ0v) is 40.6. The summed E-state index contributed by atoms with van der Waals surface area (Å²) in [6, 6.07) is 23.3. The number of fused-ring (bicyclic) bond motifs is 2. The monoisotopic (exact) mass is 1020 g/mol. The Morgan fingerprint density at radius 1 is 0.726 bits per heavy atom. The number of ether oxygens (including phenoxy) is 5. The van der Waals surface area contributed by atoms with Crippen LogP contribution in [0.1, 0.15) is 55.9 Å². The van der Waals surface area contributed by atoms with Crippen LogP contribution in [0.3, 0.4) is 0 Å². The van der Waals surface area contributed by atoms with Gasteiger partial charge < -0.3 is 50.1 Å². The van der Waals surface area contributed by atoms with E-state index in [4.69, 9.17) is 29.4 Å². The lowest BCUT2D eigenvalue weighted by Crippen LogP contribution is -2.54. The minimum Gasteiger partial charge on any atom is -0.383 e. The number of benzene rings is 4. The number of piperidine rings is 1. The Hall–Kier alpha value is -7.27. The van der Waals surface area contributed by atoms with E-state index in [1.54, 1.807) is 60.8 Å². The number of pyridine rings is 1. The standard InChI is InChI=1S/C52H55FN8O11S/c53-42-30-37(8-10-38(42)34-28-41(48(54)57-31-34)32-7-9-39-33(27-32)13-15-56-49(39)64)73-60-36-4-1-3-35(29-36)58-46(63)14-17-68-19-21-70-23-25-72-26-24-71-22-20-69-18-16-55-43-6-2-5-40-47(43)52(67)61(51(40)66)44-11-12-45(62)59-50(44)65/h1-10,27-31,44,55,60H,11-26H2,(H2,54,57)(H,56,64)(H,58,63)(H,59,62,65). The van der Waals surface area contributed by atoms with Gasteiger partial charge in [-0.2, -0.15) is 0 Å². The van der Waals surface area contributed by atoms with Crippen LogP contribution in [-0.4, -0.2) is 131 Å². The Morgan fingerprint density at radius 2 is 1.42 bits per heavy atom. The number of anilines is 4. The van der Waals surface area contributed by atoms with Gasteiger partial charge in [0, 0.05) is 69.9 Å². The van der Waals surface area contributed by atoms with E-state index in [2.05, 4.69) is 31.0 Å². The van der Waals surface area contributed by atoms with Crippen molar-refractivity contribution in [2.24, 2.45) is 0 Å². The van der Waals surface area contributed by atoms with E-state index < -0.39 is 35.5 Å². The molecule has 6 amide bonds. The molecule has 7 N–H and O–H groups in total. The van der Waals surface area contributed by atoms with Crippen molar-refractivity contribution in [2.75, 3.05) is 100 Å². The zero-order chi connectivity index (χ0) is 51.1. The van der Waals surface area contributed by atoms with Gasteiger partial charge in [0.05, 0.1) is 83.6 Å². The van der Waals surface area contributed by atoms with Gasteiger partial charge in [0.25, 0.3) is 17.7 Å². The second kappa shape index (κ2) is 25.4. The SMILES string of the molecule is Nc1ncc(-c2ccc(SNc3cccc(NC(=O)CCOCCOCCOCCOCCOCCNc4cccc5c4C(=O)N(C4CCC(=O)NC4=O)C5=O)c3)cc2F)cc1-c1ccc2c(c1)CCNC2=O. The van der Waals surface area contributed by atoms with Crippen LogP contribution in [0.15, 0.2) is 96.0 Å². The van der Waals surface area contributed by atoms with Crippen molar-refractivity contribution in [2.45, 2.75) is 36.6 Å². The molecule has 8 rings (SSSR count). The number of aromatic nitrogens is 1. The quantitative estimate of drug-likeness (QED) is 0.0228. The molecule has 4 aromatic carbocycles. The lowest BCUT2D eigenvalue weighted by Gasteiger charge is -2.27. The second-order valence-corrected chi connectivity index (χ2v) is 17.8. The van der Waals surface area contributed by atoms with Crippen molar-refractivity contribution in [3.8, 4) is 22.3 Å². The second-order valence-electron chi connectivity index (χ2n) is 16.9. The van der Waals surface area contributed by atoms with Gasteiger partial charge in [-0.25, -0.2) is 9.37 Å². The van der Waals surface area contributed by atoms with Crippen LogP contribution in [0.4, 0.5) is 27.3 Å². The maximum Gasteiger partial charge on any atom is 0.264 e. The van der Waals surface area contributed by atoms with Crippen LogP contribution in [0.5, 0.6) is 0 Å². The molecular weight excluding hydrogens is 964 g/mol. The van der Waals surface area contributed by atoms with Gasteiger partial charge in [0.1, 0.15) is 17.7 Å². The Balaban J connectivity index is 0.632. The van der Waals surface area contributed by atoms with Crippen molar-refractivity contribution >= 4 is 70.3 Å². The van der Waals surface area contributed by atoms with Gasteiger partial charge in [0.2, 0.25) is 17.7 Å². The molecule has 0 bridgehead atoms. The molecule has 0 aliphatic carbocycles. The number of rotatable bonds is 26. The van der Waals surface area contributed by atoms with Crippen LogP contribution in [-0.2, 0) is 44.5 Å². The van der Waals surface area contributed by atoms with Crippen molar-refractivity contribution in [3.63, 3.8) is 0 Å². The van der Waals surface area contributed by atoms with Gasteiger partial charge >= 0.3 is 0 Å². The lowest BCUT2D eigenvalue weighted by atomic mass is 9.94. The summed E-state index contributed by atoms with van der Waals surface area (Å²) >= 11 is 1.23. The summed E-state index contributed by atoms with van der Waals surface area (Å²) in [4.78, 5) is 80.9. The molecule has 21 heteroatoms. The molecule has 1 unspecified atom stereocenters. The third kappa shape index (κ3) is 13.6. The van der Waals surface area contributed by atoms with E-state index in [-0.39, 0.29) is 48.8 Å². The number of halogens is 1. The van der Waals surface area contributed by atoms with Crippen LogP contribution in [0.2, 0.25) is 0 Å². The van der Waals surface area contributed by atoms with Crippen LogP contribution in [0, 0.1) is 5.82 Å². The summed E-state index contributed by atoms with van der Waals surface area (Å²) in [6.45, 7) is 4.27. The molecule has 382 valence electrons. The molecule has 19 nitrogen and oxygen atoms in total. The number of nitrogens with two attached hydrogens (primary N) is 1. The van der Waals surface area contributed by atoms with Crippen molar-refractivity contribution in [1.29, 1.82) is 0 Å². The minimum absolute atomic E-state index is 0.0497. The van der Waals surface area contributed by atoms with E-state index in [1.165, 1.54) is 18.0 Å². The fourth-order valence-electron chi connectivity index (χ4n) is 8.31. The predicted octanol–water partition coefficient (Wildman–Crippen LogP) is 5.47. The Morgan fingerprint density at radius 3 is 2.16 bits per heavy atom. The Labute approximate surface area is 424 Å². The molecule has 73 heavy (non-hydrogen) atoms. The highest BCUT2D eigenvalue weighted by Crippen LogP contribution is 2.35. The Kier molecular flexibility index (Phi) is 18.1. The molecule has 3 aliphatic heterocycles. The summed E-state index contributed by atoms with van der Waals surface area (Å²) in [5.74, 6) is -2.67. The first-order valence-corrected chi connectivity index (χ1v) is 24.6. The van der Waals surface area contributed by atoms with E-state index in [0.717, 1.165) is 16.0 Å². The molecule has 0 saturated carbocycles. The van der Waals surface area contributed by atoms with E-state index >= 15 is 4.39 Å². The molecule has 4 heterocycles. The highest BCUT2D eigenvalue weighted by atomic mass is 32.2. The number of nitrogens with zero attached hydrogens (tertiary/aromatic N) is 2. The van der Waals surface area contributed by atoms with Crippen LogP contribution in [0.25, 0.3) is 22.3 Å². The van der Waals surface area contributed by atoms with Gasteiger partial charge in [-0.1, -0.05) is 30.3 Å². The first-order valence-electron chi connectivity index (χ1n) is 23.8. The van der Waals surface area contributed by atoms with Gasteiger partial charge in [-0.3, -0.25) is 39.0 Å². The van der Waals surface area contributed by atoms with E-state index in [9.17, 15) is 28.8 Å². The summed E-state index contributed by atoms with van der Waals surface area (Å²) < 4.78 is 46.5. The lowest BCUT2D eigenvalue weighted by molar-refractivity contribution is -0.136. The summed E-state index contributed by atoms with van der Waals surface area (Å²) in [5.41, 5.74) is 12.4. The van der Waals surface area contributed by atoms with Gasteiger partial charge in [0.15, 0.2) is 0 Å². The van der Waals surface area contributed by atoms with Crippen LogP contribution >= 0.6 is 11.9 Å². The average Bonchev–Trinajstić information content (AvgIpc) is 3.64. The van der Waals surface area contributed by atoms with E-state index in [1.807, 2.05) is 24.3 Å². The van der Waals surface area contributed by atoms with E-state index in [0.29, 0.717) is 129 Å². The minimum atomic E-state index is -1.03. The highest BCUT2D eigenvalue weighted by Gasteiger charge is 2.45. The van der Waals surface area contributed by atoms with Crippen molar-refractivity contribution < 1.29 is 56.8 Å². The molecule has 0 radical (unpaired) electrons. The summed E-state index contributed by atoms with van der Waals surface area (Å²) in [7, 11) is 0. The predicted molar refractivity (Wildman–Crippen MR) is 270 cm³/mol. The van der Waals surface area contributed by atoms with Gasteiger partial charge in [-0.15, -0.1) is 0 Å². The molecule has 3 aliphatic rings. The number of nitrogen functional groups attached to an aromatic ring is 1. The largest absolute Gasteiger partial charge is 0.383 e. The number of carbonyl (C=O) groups is 6. The Bertz CT molecular complexity index is 2850. The average molecular weight is 1020 g/mol. The molecule has 1 atom stereocenters. The number of imide groups is 2.